The molecule has 1 aromatic rings. The van der Waals surface area contributed by atoms with Crippen molar-refractivity contribution in [1.82, 2.24) is 15.1 Å². The summed E-state index contributed by atoms with van der Waals surface area (Å²) in [5, 5.41) is 6.80. The fourth-order valence-electron chi connectivity index (χ4n) is 7.02. The number of ether oxygens (including phenoxy) is 1. The molecule has 1 aromatic carbocycles. The molecule has 39 heavy (non-hydrogen) atoms. The van der Waals surface area contributed by atoms with Crippen LogP contribution in [0.5, 0.6) is 0 Å². The summed E-state index contributed by atoms with van der Waals surface area (Å²) in [7, 11) is 0. The third kappa shape index (κ3) is 5.11. The van der Waals surface area contributed by atoms with Crippen molar-refractivity contribution in [2.75, 3.05) is 44.2 Å². The Kier molecular flexibility index (Phi) is 7.47. The minimum atomic E-state index is -0.766. The van der Waals surface area contributed by atoms with Gasteiger partial charge in [-0.05, 0) is 61.4 Å². The highest BCUT2D eigenvalue weighted by molar-refractivity contribution is 5.99. The van der Waals surface area contributed by atoms with Gasteiger partial charge in [-0.1, -0.05) is 24.4 Å². The molecule has 4 atom stereocenters. The molecule has 0 spiro atoms. The minimum Gasteiger partial charge on any atom is -0.369 e. The third-order valence-corrected chi connectivity index (χ3v) is 9.46. The molecule has 3 heterocycles. The molecule has 3 aliphatic heterocycles. The van der Waals surface area contributed by atoms with E-state index in [1.807, 2.05) is 24.3 Å². The number of nitrogens with one attached hydrogen (secondary N) is 1. The number of hydrogen-bond acceptors (Lipinski definition) is 7. The average Bonchev–Trinajstić information content (AvgIpc) is 3.67. The predicted molar refractivity (Wildman–Crippen MR) is 144 cm³/mol. The number of anilines is 1. The van der Waals surface area contributed by atoms with Crippen LogP contribution in [0.1, 0.15) is 55.3 Å². The molecule has 5 fully saturated rings. The number of fused-ring (bicyclic) bond motifs is 1. The molecule has 6 rings (SSSR count). The molecule has 0 unspecified atom stereocenters. The molecule has 2 saturated carbocycles. The topological polar surface area (TPSA) is 131 Å². The van der Waals surface area contributed by atoms with Gasteiger partial charge in [0.05, 0.1) is 12.1 Å². The average molecular weight is 536 g/mol. The molecule has 2 amide bonds. The van der Waals surface area contributed by atoms with Crippen LogP contribution in [0.2, 0.25) is 0 Å². The molecule has 1 N–H and O–H groups in total. The zero-order valence-corrected chi connectivity index (χ0v) is 22.3. The minimum absolute atomic E-state index is 0.00192. The summed E-state index contributed by atoms with van der Waals surface area (Å²) in [6.07, 6.45) is 7.06. The van der Waals surface area contributed by atoms with E-state index in [-0.39, 0.29) is 36.7 Å². The van der Waals surface area contributed by atoms with Crippen LogP contribution in [0.15, 0.2) is 29.4 Å². The number of carbonyl (C=O) groups is 3. The van der Waals surface area contributed by atoms with Gasteiger partial charge >= 0.3 is 0 Å². The first-order valence-electron chi connectivity index (χ1n) is 14.4. The van der Waals surface area contributed by atoms with Gasteiger partial charge < -0.3 is 19.9 Å². The zero-order chi connectivity index (χ0) is 26.9. The Balaban J connectivity index is 1.13. The van der Waals surface area contributed by atoms with Crippen molar-refractivity contribution in [1.29, 1.82) is 0 Å². The van der Waals surface area contributed by atoms with Crippen molar-refractivity contribution in [2.24, 2.45) is 11.0 Å². The summed E-state index contributed by atoms with van der Waals surface area (Å²) in [6.45, 7) is 4.13. The van der Waals surface area contributed by atoms with Crippen LogP contribution >= 0.6 is 0 Å². The molecule has 0 bridgehead atoms. The molecule has 208 valence electrons. The van der Waals surface area contributed by atoms with Crippen LogP contribution < -0.4 is 10.2 Å². The normalized spacial score (nSPS) is 28.6. The Bertz CT molecular complexity index is 1140. The predicted octanol–water partition coefficient (Wildman–Crippen LogP) is 2.51. The molecule has 5 aliphatic rings. The lowest BCUT2D eigenvalue weighted by atomic mass is 9.91. The van der Waals surface area contributed by atoms with Gasteiger partial charge in [0.2, 0.25) is 5.91 Å². The number of hydrogen-bond donors (Lipinski definition) is 1. The van der Waals surface area contributed by atoms with Crippen LogP contribution in [0, 0.1) is 5.92 Å². The molecule has 0 aromatic heterocycles. The van der Waals surface area contributed by atoms with E-state index in [0.717, 1.165) is 63.6 Å². The van der Waals surface area contributed by atoms with E-state index in [1.165, 1.54) is 24.2 Å². The number of ketones is 1. The SMILES string of the molecule is [N-]=[N+]=N[C@@H]1CN(C(=O)[C@@H](NC(=O)c2ccc(N3CCN(C4CCC4)CC3)cc2)C2CCCC2)[C@@H]2C(=O)CO[C@@H]21. The molecule has 2 aliphatic carbocycles. The molecule has 0 radical (unpaired) electrons. The maximum absolute atomic E-state index is 13.9. The second kappa shape index (κ2) is 11.2. The summed E-state index contributed by atoms with van der Waals surface area (Å²) >= 11 is 0. The second-order valence-electron chi connectivity index (χ2n) is 11.6. The standard InChI is InChI=1S/C28H37N7O4/c29-32-31-22-16-35(25-23(36)17-39-26(22)25)28(38)24(18-4-1-2-5-18)30-27(37)19-8-10-21(11-9-19)34-14-12-33(13-15-34)20-6-3-7-20/h8-11,18,20,22,24-26H,1-7,12-17H2,(H,30,37)/t22-,24+,25-,26-/m1/s1. The molecule has 11 nitrogen and oxygen atoms in total. The van der Waals surface area contributed by atoms with Gasteiger partial charge in [-0.25, -0.2) is 0 Å². The van der Waals surface area contributed by atoms with Gasteiger partial charge in [0.25, 0.3) is 5.91 Å². The first-order chi connectivity index (χ1) is 19.0. The van der Waals surface area contributed by atoms with Crippen molar-refractivity contribution < 1.29 is 19.1 Å². The van der Waals surface area contributed by atoms with Crippen LogP contribution in [-0.2, 0) is 14.3 Å². The highest BCUT2D eigenvalue weighted by atomic mass is 16.5. The van der Waals surface area contributed by atoms with Gasteiger partial charge in [-0.2, -0.15) is 0 Å². The first-order valence-corrected chi connectivity index (χ1v) is 14.4. The van der Waals surface area contributed by atoms with Gasteiger partial charge in [0, 0.05) is 54.9 Å². The Morgan fingerprint density at radius 1 is 1.03 bits per heavy atom. The Morgan fingerprint density at radius 2 is 1.74 bits per heavy atom. The quantitative estimate of drug-likeness (QED) is 0.324. The summed E-state index contributed by atoms with van der Waals surface area (Å²) in [5.74, 6) is -0.773. The number of carbonyl (C=O) groups excluding carboxylic acids is 3. The second-order valence-corrected chi connectivity index (χ2v) is 11.6. The number of azide groups is 1. The van der Waals surface area contributed by atoms with E-state index in [1.54, 1.807) is 0 Å². The van der Waals surface area contributed by atoms with Crippen molar-refractivity contribution in [3.63, 3.8) is 0 Å². The number of benzene rings is 1. The van der Waals surface area contributed by atoms with Crippen LogP contribution in [-0.4, -0.2) is 97.0 Å². The summed E-state index contributed by atoms with van der Waals surface area (Å²) < 4.78 is 5.58. The summed E-state index contributed by atoms with van der Waals surface area (Å²) in [6, 6.07) is 6.29. The van der Waals surface area contributed by atoms with Crippen LogP contribution in [0.3, 0.4) is 0 Å². The van der Waals surface area contributed by atoms with Crippen molar-refractivity contribution in [3.8, 4) is 0 Å². The van der Waals surface area contributed by atoms with E-state index < -0.39 is 24.2 Å². The lowest BCUT2D eigenvalue weighted by Gasteiger charge is -2.43. The maximum atomic E-state index is 13.9. The lowest BCUT2D eigenvalue weighted by molar-refractivity contribution is -0.139. The number of Topliss-reactive ketones (excluding diaryl/α,β-unsaturated/α-hetero) is 1. The van der Waals surface area contributed by atoms with E-state index in [9.17, 15) is 14.4 Å². The van der Waals surface area contributed by atoms with E-state index in [4.69, 9.17) is 10.3 Å². The lowest BCUT2D eigenvalue weighted by Crippen LogP contribution is -2.54. The number of nitrogens with zero attached hydrogens (tertiary/aromatic N) is 6. The van der Waals surface area contributed by atoms with Crippen molar-refractivity contribution in [2.45, 2.75) is 75.2 Å². The van der Waals surface area contributed by atoms with E-state index in [0.29, 0.717) is 5.56 Å². The van der Waals surface area contributed by atoms with Gasteiger partial charge in [-0.15, -0.1) is 0 Å². The number of amides is 2. The first kappa shape index (κ1) is 26.1. The number of piperazine rings is 1. The smallest absolute Gasteiger partial charge is 0.251 e. The van der Waals surface area contributed by atoms with Crippen LogP contribution in [0.4, 0.5) is 5.69 Å². The van der Waals surface area contributed by atoms with Crippen LogP contribution in [0.25, 0.3) is 10.4 Å². The van der Waals surface area contributed by atoms with Gasteiger partial charge in [0.15, 0.2) is 5.78 Å². The van der Waals surface area contributed by atoms with Gasteiger partial charge in [-0.3, -0.25) is 19.3 Å². The molecule has 3 saturated heterocycles. The fraction of sp³-hybridized carbons (Fsp3) is 0.679. The Hall–Kier alpha value is -3.14. The Morgan fingerprint density at radius 3 is 2.38 bits per heavy atom. The summed E-state index contributed by atoms with van der Waals surface area (Å²) in [4.78, 5) is 49.2. The van der Waals surface area contributed by atoms with Crippen molar-refractivity contribution in [3.05, 3.63) is 40.3 Å². The highest BCUT2D eigenvalue weighted by Crippen LogP contribution is 2.34. The third-order valence-electron chi connectivity index (χ3n) is 9.46. The van der Waals surface area contributed by atoms with E-state index in [2.05, 4.69) is 25.1 Å². The molecular formula is C28H37N7O4. The van der Waals surface area contributed by atoms with Gasteiger partial charge in [0.1, 0.15) is 18.7 Å². The highest BCUT2D eigenvalue weighted by Gasteiger charge is 2.53. The monoisotopic (exact) mass is 535 g/mol. The largest absolute Gasteiger partial charge is 0.369 e. The fourth-order valence-corrected chi connectivity index (χ4v) is 7.02. The number of rotatable bonds is 7. The maximum Gasteiger partial charge on any atom is 0.251 e. The van der Waals surface area contributed by atoms with Crippen molar-refractivity contribution >= 4 is 23.3 Å². The van der Waals surface area contributed by atoms with E-state index >= 15 is 0 Å². The number of likely N-dealkylation sites (tertiary alicyclic amines) is 1. The zero-order valence-electron chi connectivity index (χ0n) is 22.3. The molecule has 11 heteroatoms. The molecular weight excluding hydrogens is 498 g/mol. The summed E-state index contributed by atoms with van der Waals surface area (Å²) in [5.41, 5.74) is 10.6. The Labute approximate surface area is 228 Å².